The van der Waals surface area contributed by atoms with Gasteiger partial charge in [0, 0.05) is 4.98 Å². The average Bonchev–Trinajstić information content (AvgIpc) is 2.23. The molecule has 1 heterocycles. The van der Waals surface area contributed by atoms with Crippen LogP contribution in [0.25, 0.3) is 0 Å². The maximum Gasteiger partial charge on any atom is 0.575 e. The topological polar surface area (TPSA) is 74.5 Å². The molecule has 6 nitrogen and oxygen atoms in total. The van der Waals surface area contributed by atoms with Crippen LogP contribution in [0.5, 0.6) is 11.6 Å². The van der Waals surface area contributed by atoms with Crippen LogP contribution in [0.4, 0.5) is 32.2 Å². The highest BCUT2D eigenvalue weighted by molar-refractivity contribution is 5.49. The van der Waals surface area contributed by atoms with Crippen LogP contribution in [0.3, 0.4) is 0 Å². The lowest BCUT2D eigenvalue weighted by molar-refractivity contribution is -0.393. The van der Waals surface area contributed by atoms with E-state index in [1.54, 1.807) is 0 Å². The quantitative estimate of drug-likeness (QED) is 0.487. The zero-order valence-electron chi connectivity index (χ0n) is 9.37. The smallest absolute Gasteiger partial charge is 0.495 e. The van der Waals surface area contributed by atoms with Gasteiger partial charge in [-0.2, -0.15) is 13.2 Å². The Bertz CT molecular complexity index is 527. The third-order valence-corrected chi connectivity index (χ3v) is 1.84. The molecule has 0 atom stereocenters. The van der Waals surface area contributed by atoms with E-state index in [1.165, 1.54) is 0 Å². The van der Waals surface area contributed by atoms with Crippen molar-refractivity contribution in [3.05, 3.63) is 21.7 Å². The number of hydrogen-bond donors (Lipinski definition) is 0. The van der Waals surface area contributed by atoms with Crippen LogP contribution < -0.4 is 9.47 Å². The van der Waals surface area contributed by atoms with Crippen LogP contribution in [0.1, 0.15) is 5.56 Å². The molecule has 0 aromatic carbocycles. The maximum absolute atomic E-state index is 12.6. The number of nitro groups is 1. The molecule has 1 rings (SSSR count). The normalized spacial score (nSPS) is 12.2. The van der Waals surface area contributed by atoms with Crippen LogP contribution in [-0.4, -0.2) is 23.4 Å². The zero-order chi connectivity index (χ0) is 15.7. The highest BCUT2D eigenvalue weighted by Crippen LogP contribution is 2.43. The van der Waals surface area contributed by atoms with Gasteiger partial charge in [-0.1, -0.05) is 0 Å². The first-order valence-corrected chi connectivity index (χ1v) is 4.52. The minimum absolute atomic E-state index is 0.156. The van der Waals surface area contributed by atoms with Crippen LogP contribution in [0.2, 0.25) is 0 Å². The SMILES string of the molecule is COc1cc(OC(F)(F)F)nc([N+](=O)[O-])c1C(F)(F)F. The van der Waals surface area contributed by atoms with E-state index in [-0.39, 0.29) is 6.07 Å². The molecule has 0 N–H and O–H groups in total. The van der Waals surface area contributed by atoms with E-state index in [2.05, 4.69) is 14.5 Å². The summed E-state index contributed by atoms with van der Waals surface area (Å²) in [5, 5.41) is 10.5. The molecule has 0 aliphatic heterocycles. The summed E-state index contributed by atoms with van der Waals surface area (Å²) in [5.74, 6) is -4.50. The summed E-state index contributed by atoms with van der Waals surface area (Å²) in [7, 11) is 0.700. The molecule has 0 amide bonds. The second-order valence-electron chi connectivity index (χ2n) is 3.16. The van der Waals surface area contributed by atoms with E-state index < -0.39 is 40.5 Å². The second-order valence-corrected chi connectivity index (χ2v) is 3.16. The van der Waals surface area contributed by atoms with Crippen LogP contribution in [-0.2, 0) is 6.18 Å². The predicted molar refractivity (Wildman–Crippen MR) is 49.1 cm³/mol. The van der Waals surface area contributed by atoms with E-state index in [1.807, 2.05) is 0 Å². The first kappa shape index (κ1) is 15.8. The van der Waals surface area contributed by atoms with E-state index in [0.29, 0.717) is 7.11 Å². The Labute approximate surface area is 106 Å². The van der Waals surface area contributed by atoms with Crippen molar-refractivity contribution in [2.75, 3.05) is 7.11 Å². The van der Waals surface area contributed by atoms with Crippen molar-refractivity contribution in [2.24, 2.45) is 0 Å². The van der Waals surface area contributed by atoms with Crippen molar-refractivity contribution in [1.29, 1.82) is 0 Å². The summed E-state index contributed by atoms with van der Waals surface area (Å²) in [4.78, 5) is 11.5. The van der Waals surface area contributed by atoms with Crippen molar-refractivity contribution >= 4 is 5.82 Å². The Hall–Kier alpha value is -2.27. The molecular formula is C8H4F6N2O4. The summed E-state index contributed by atoms with van der Waals surface area (Å²) < 4.78 is 81.2. The Balaban J connectivity index is 3.51. The van der Waals surface area contributed by atoms with Gasteiger partial charge < -0.3 is 19.6 Å². The Morgan fingerprint density at radius 2 is 1.80 bits per heavy atom. The maximum atomic E-state index is 12.6. The van der Waals surface area contributed by atoms with Gasteiger partial charge in [0.25, 0.3) is 0 Å². The molecule has 0 bridgehead atoms. The fraction of sp³-hybridized carbons (Fsp3) is 0.375. The van der Waals surface area contributed by atoms with Gasteiger partial charge in [-0.25, -0.2) is 0 Å². The first-order valence-electron chi connectivity index (χ1n) is 4.52. The molecule has 0 fully saturated rings. The van der Waals surface area contributed by atoms with E-state index in [4.69, 9.17) is 0 Å². The molecule has 12 heteroatoms. The van der Waals surface area contributed by atoms with E-state index in [0.717, 1.165) is 0 Å². The number of nitrogens with zero attached hydrogens (tertiary/aromatic N) is 2. The van der Waals surface area contributed by atoms with Gasteiger partial charge in [0.05, 0.1) is 13.2 Å². The molecule has 0 aliphatic rings. The number of ether oxygens (including phenoxy) is 2. The molecule has 0 saturated heterocycles. The molecule has 0 radical (unpaired) electrons. The molecular weight excluding hydrogens is 302 g/mol. The summed E-state index contributed by atoms with van der Waals surface area (Å²) in [6.45, 7) is 0. The minimum Gasteiger partial charge on any atom is -0.495 e. The van der Waals surface area contributed by atoms with Crippen LogP contribution >= 0.6 is 0 Å². The fourth-order valence-corrected chi connectivity index (χ4v) is 1.22. The number of methoxy groups -OCH3 is 1. The van der Waals surface area contributed by atoms with Crippen molar-refractivity contribution in [3.63, 3.8) is 0 Å². The number of pyridine rings is 1. The number of hydrogen-bond acceptors (Lipinski definition) is 5. The minimum atomic E-state index is -5.27. The van der Waals surface area contributed by atoms with Crippen molar-refractivity contribution in [2.45, 2.75) is 12.5 Å². The first-order chi connectivity index (χ1) is 8.95. The van der Waals surface area contributed by atoms with Gasteiger partial charge in [0.15, 0.2) is 5.56 Å². The average molecular weight is 306 g/mol. The number of rotatable bonds is 3. The lowest BCUT2D eigenvalue weighted by Crippen LogP contribution is -2.19. The monoisotopic (exact) mass is 306 g/mol. The number of alkyl halides is 6. The van der Waals surface area contributed by atoms with Crippen LogP contribution in [0.15, 0.2) is 6.07 Å². The highest BCUT2D eigenvalue weighted by atomic mass is 19.4. The standard InChI is InChI=1S/C8H4F6N2O4/c1-19-3-2-4(20-8(12,13)14)15-6(16(17)18)5(3)7(9,10)11/h2H,1H3. The Kier molecular flexibility index (Phi) is 3.96. The fourth-order valence-electron chi connectivity index (χ4n) is 1.22. The van der Waals surface area contributed by atoms with Gasteiger partial charge in [-0.15, -0.1) is 13.2 Å². The molecule has 0 saturated carbocycles. The highest BCUT2D eigenvalue weighted by Gasteiger charge is 2.45. The lowest BCUT2D eigenvalue weighted by Gasteiger charge is -2.12. The van der Waals surface area contributed by atoms with E-state index in [9.17, 15) is 36.5 Å². The Morgan fingerprint density at radius 1 is 1.25 bits per heavy atom. The van der Waals surface area contributed by atoms with Gasteiger partial charge in [0.2, 0.25) is 0 Å². The van der Waals surface area contributed by atoms with E-state index >= 15 is 0 Å². The summed E-state index contributed by atoms with van der Waals surface area (Å²) >= 11 is 0. The molecule has 0 unspecified atom stereocenters. The lowest BCUT2D eigenvalue weighted by atomic mass is 10.2. The Morgan fingerprint density at radius 3 is 2.15 bits per heavy atom. The molecule has 0 spiro atoms. The second kappa shape index (κ2) is 5.02. The van der Waals surface area contributed by atoms with Gasteiger partial charge in [-0.05, 0) is 4.92 Å². The van der Waals surface area contributed by atoms with Crippen molar-refractivity contribution in [1.82, 2.24) is 4.98 Å². The van der Waals surface area contributed by atoms with Crippen molar-refractivity contribution in [3.8, 4) is 11.6 Å². The number of aromatic nitrogens is 1. The molecule has 20 heavy (non-hydrogen) atoms. The predicted octanol–water partition coefficient (Wildman–Crippen LogP) is 2.92. The zero-order valence-corrected chi connectivity index (χ0v) is 9.37. The van der Waals surface area contributed by atoms with Gasteiger partial charge >= 0.3 is 24.2 Å². The van der Waals surface area contributed by atoms with Crippen LogP contribution in [0, 0.1) is 10.1 Å². The van der Waals surface area contributed by atoms with Crippen molar-refractivity contribution < 1.29 is 40.7 Å². The molecule has 112 valence electrons. The third-order valence-electron chi connectivity index (χ3n) is 1.84. The molecule has 1 aromatic heterocycles. The molecule has 0 aliphatic carbocycles. The summed E-state index contributed by atoms with van der Waals surface area (Å²) in [5.41, 5.74) is -1.90. The van der Waals surface area contributed by atoms with Gasteiger partial charge in [-0.3, -0.25) is 0 Å². The third kappa shape index (κ3) is 3.61. The van der Waals surface area contributed by atoms with Gasteiger partial charge in [0.1, 0.15) is 5.75 Å². The summed E-state index contributed by atoms with van der Waals surface area (Å²) in [6.07, 6.45) is -10.5. The largest absolute Gasteiger partial charge is 0.575 e. The molecule has 1 aromatic rings. The summed E-state index contributed by atoms with van der Waals surface area (Å²) in [6, 6.07) is 0.156. The number of halogens is 6.